The van der Waals surface area contributed by atoms with Crippen molar-refractivity contribution in [2.24, 2.45) is 5.92 Å². The molecule has 6 nitrogen and oxygen atoms in total. The second-order valence-corrected chi connectivity index (χ2v) is 9.84. The monoisotopic (exact) mass is 462 g/mol. The Hall–Kier alpha value is -2.35. The van der Waals surface area contributed by atoms with E-state index in [9.17, 15) is 13.2 Å². The number of nitrogens with zero attached hydrogens (tertiary/aromatic N) is 2. The Morgan fingerprint density at radius 3 is 2.52 bits per heavy atom. The highest BCUT2D eigenvalue weighted by Crippen LogP contribution is 2.26. The van der Waals surface area contributed by atoms with Crippen LogP contribution in [0, 0.1) is 5.92 Å². The van der Waals surface area contributed by atoms with Crippen LogP contribution in [0.4, 0.5) is 0 Å². The lowest BCUT2D eigenvalue weighted by molar-refractivity contribution is -0.135. The molecule has 0 N–H and O–H groups in total. The summed E-state index contributed by atoms with van der Waals surface area (Å²) in [4.78, 5) is 14.6. The van der Waals surface area contributed by atoms with Crippen LogP contribution in [0.15, 0.2) is 53.9 Å². The molecule has 1 amide bonds. The van der Waals surface area contributed by atoms with E-state index in [1.54, 1.807) is 43.3 Å². The second-order valence-electron chi connectivity index (χ2n) is 7.58. The van der Waals surface area contributed by atoms with Crippen molar-refractivity contribution in [3.63, 3.8) is 0 Å². The first kappa shape index (κ1) is 23.3. The summed E-state index contributed by atoms with van der Waals surface area (Å²) < 4.78 is 32.1. The standard InChI is InChI=1S/C23H27ClN2O4S/c1-25(17-20-16-21(24)8-9-22(20)30-2)23(27)19-10-13-26(14-11-19)31(28,29)15-12-18-6-4-3-5-7-18/h3-9,12,15-16,19H,10-11,13-14,17H2,1-2H3/b15-12+. The number of ether oxygens (including phenoxy) is 1. The number of methoxy groups -OCH3 is 1. The molecule has 166 valence electrons. The van der Waals surface area contributed by atoms with Crippen LogP contribution in [0.1, 0.15) is 24.0 Å². The van der Waals surface area contributed by atoms with Crippen molar-refractivity contribution in [3.05, 3.63) is 70.1 Å². The highest BCUT2D eigenvalue weighted by molar-refractivity contribution is 7.92. The molecule has 2 aromatic carbocycles. The van der Waals surface area contributed by atoms with Gasteiger partial charge in [-0.3, -0.25) is 4.79 Å². The molecule has 2 aromatic rings. The lowest BCUT2D eigenvalue weighted by atomic mass is 9.96. The fourth-order valence-corrected chi connectivity index (χ4v) is 5.10. The number of hydrogen-bond acceptors (Lipinski definition) is 4. The van der Waals surface area contributed by atoms with E-state index in [0.29, 0.717) is 43.2 Å². The molecule has 0 atom stereocenters. The summed E-state index contributed by atoms with van der Waals surface area (Å²) in [5.41, 5.74) is 1.66. The van der Waals surface area contributed by atoms with Crippen molar-refractivity contribution in [1.29, 1.82) is 0 Å². The van der Waals surface area contributed by atoms with Gasteiger partial charge in [0, 0.05) is 48.6 Å². The van der Waals surface area contributed by atoms with E-state index >= 15 is 0 Å². The van der Waals surface area contributed by atoms with Gasteiger partial charge >= 0.3 is 0 Å². The largest absolute Gasteiger partial charge is 0.496 e. The third kappa shape index (κ3) is 6.09. The molecule has 0 spiro atoms. The lowest BCUT2D eigenvalue weighted by Gasteiger charge is -2.32. The number of piperidine rings is 1. The van der Waals surface area contributed by atoms with Crippen LogP contribution in [0.25, 0.3) is 6.08 Å². The zero-order valence-corrected chi connectivity index (χ0v) is 19.3. The molecule has 0 unspecified atom stereocenters. The highest BCUT2D eigenvalue weighted by Gasteiger charge is 2.31. The Balaban J connectivity index is 1.58. The summed E-state index contributed by atoms with van der Waals surface area (Å²) in [5, 5.41) is 1.82. The number of halogens is 1. The maximum Gasteiger partial charge on any atom is 0.236 e. The first-order valence-corrected chi connectivity index (χ1v) is 12.0. The first-order valence-electron chi connectivity index (χ1n) is 10.1. The Kier molecular flexibility index (Phi) is 7.75. The number of carbonyl (C=O) groups is 1. The van der Waals surface area contributed by atoms with Crippen molar-refractivity contribution in [2.75, 3.05) is 27.2 Å². The van der Waals surface area contributed by atoms with Gasteiger partial charge in [0.25, 0.3) is 0 Å². The van der Waals surface area contributed by atoms with Crippen molar-refractivity contribution < 1.29 is 17.9 Å². The summed E-state index contributed by atoms with van der Waals surface area (Å²) in [6, 6.07) is 14.6. The maximum absolute atomic E-state index is 12.9. The smallest absolute Gasteiger partial charge is 0.236 e. The van der Waals surface area contributed by atoms with Crippen LogP contribution in [-0.2, 0) is 21.4 Å². The number of benzene rings is 2. The number of hydrogen-bond donors (Lipinski definition) is 0. The van der Waals surface area contributed by atoms with E-state index in [1.165, 1.54) is 9.71 Å². The maximum atomic E-state index is 12.9. The first-order chi connectivity index (χ1) is 14.8. The average Bonchev–Trinajstić information content (AvgIpc) is 2.78. The van der Waals surface area contributed by atoms with Crippen LogP contribution in [-0.4, -0.2) is 50.8 Å². The Labute approximate surface area is 189 Å². The Morgan fingerprint density at radius 1 is 1.19 bits per heavy atom. The number of rotatable bonds is 7. The van der Waals surface area contributed by atoms with E-state index in [0.717, 1.165) is 11.1 Å². The van der Waals surface area contributed by atoms with Crippen LogP contribution in [0.5, 0.6) is 5.75 Å². The topological polar surface area (TPSA) is 66.9 Å². The number of sulfonamides is 1. The molecule has 1 aliphatic rings. The van der Waals surface area contributed by atoms with E-state index in [4.69, 9.17) is 16.3 Å². The van der Waals surface area contributed by atoms with Gasteiger partial charge in [-0.05, 0) is 42.7 Å². The summed E-state index contributed by atoms with van der Waals surface area (Å²) in [7, 11) is -0.192. The third-order valence-corrected chi connectivity index (χ3v) is 7.22. The quantitative estimate of drug-likeness (QED) is 0.623. The minimum Gasteiger partial charge on any atom is -0.496 e. The van der Waals surface area contributed by atoms with Crippen LogP contribution < -0.4 is 4.74 Å². The second kappa shape index (κ2) is 10.3. The fourth-order valence-electron chi connectivity index (χ4n) is 3.69. The van der Waals surface area contributed by atoms with Gasteiger partial charge < -0.3 is 9.64 Å². The van der Waals surface area contributed by atoms with Crippen molar-refractivity contribution >= 4 is 33.6 Å². The zero-order valence-electron chi connectivity index (χ0n) is 17.7. The summed E-state index contributed by atoms with van der Waals surface area (Å²) in [6.07, 6.45) is 2.58. The molecule has 1 fully saturated rings. The molecular formula is C23H27ClN2O4S. The predicted octanol–water partition coefficient (Wildman–Crippen LogP) is 4.02. The number of carbonyl (C=O) groups excluding carboxylic acids is 1. The molecule has 1 saturated heterocycles. The molecule has 0 saturated carbocycles. The molecule has 0 aliphatic carbocycles. The molecule has 0 bridgehead atoms. The van der Waals surface area contributed by atoms with Crippen LogP contribution in [0.3, 0.4) is 0 Å². The zero-order chi connectivity index (χ0) is 22.4. The van der Waals surface area contributed by atoms with Gasteiger partial charge in [0.1, 0.15) is 5.75 Å². The SMILES string of the molecule is COc1ccc(Cl)cc1CN(C)C(=O)C1CCN(S(=O)(=O)/C=C/c2ccccc2)CC1. The molecular weight excluding hydrogens is 436 g/mol. The fraction of sp³-hybridized carbons (Fsp3) is 0.348. The van der Waals surface area contributed by atoms with E-state index in [1.807, 2.05) is 30.3 Å². The molecule has 1 aliphatic heterocycles. The van der Waals surface area contributed by atoms with Crippen molar-refractivity contribution in [2.45, 2.75) is 19.4 Å². The summed E-state index contributed by atoms with van der Waals surface area (Å²) >= 11 is 6.08. The van der Waals surface area contributed by atoms with E-state index in [-0.39, 0.29) is 11.8 Å². The highest BCUT2D eigenvalue weighted by atomic mass is 35.5. The molecule has 31 heavy (non-hydrogen) atoms. The van der Waals surface area contributed by atoms with E-state index < -0.39 is 10.0 Å². The minimum atomic E-state index is -3.52. The summed E-state index contributed by atoms with van der Waals surface area (Å²) in [6.45, 7) is 1.03. The Morgan fingerprint density at radius 2 is 1.87 bits per heavy atom. The predicted molar refractivity (Wildman–Crippen MR) is 123 cm³/mol. The number of amides is 1. The van der Waals surface area contributed by atoms with Crippen LogP contribution >= 0.6 is 11.6 Å². The molecule has 0 aromatic heterocycles. The van der Waals surface area contributed by atoms with Gasteiger partial charge in [-0.2, -0.15) is 4.31 Å². The lowest BCUT2D eigenvalue weighted by Crippen LogP contribution is -2.42. The molecule has 3 rings (SSSR count). The molecule has 1 heterocycles. The van der Waals surface area contributed by atoms with Gasteiger partial charge in [0.15, 0.2) is 0 Å². The van der Waals surface area contributed by atoms with Gasteiger partial charge in [-0.25, -0.2) is 8.42 Å². The van der Waals surface area contributed by atoms with Crippen molar-refractivity contribution in [3.8, 4) is 5.75 Å². The van der Waals surface area contributed by atoms with Gasteiger partial charge in [0.05, 0.1) is 7.11 Å². The van der Waals surface area contributed by atoms with E-state index in [2.05, 4.69) is 0 Å². The van der Waals surface area contributed by atoms with Gasteiger partial charge in [-0.15, -0.1) is 0 Å². The average molecular weight is 463 g/mol. The Bertz CT molecular complexity index is 1030. The third-order valence-electron chi connectivity index (χ3n) is 5.42. The molecule has 0 radical (unpaired) electrons. The van der Waals surface area contributed by atoms with Gasteiger partial charge in [0.2, 0.25) is 15.9 Å². The van der Waals surface area contributed by atoms with Crippen molar-refractivity contribution in [1.82, 2.24) is 9.21 Å². The minimum absolute atomic E-state index is 0.00101. The van der Waals surface area contributed by atoms with Gasteiger partial charge in [-0.1, -0.05) is 41.9 Å². The van der Waals surface area contributed by atoms with Crippen LogP contribution in [0.2, 0.25) is 5.02 Å². The molecule has 8 heteroatoms. The summed E-state index contributed by atoms with van der Waals surface area (Å²) in [5.74, 6) is 0.466. The normalized spacial score (nSPS) is 15.8.